The molecule has 0 unspecified atom stereocenters. The van der Waals surface area contributed by atoms with Crippen molar-refractivity contribution >= 4 is 82.0 Å². The first-order valence-corrected chi connectivity index (χ1v) is 18.1. The Morgan fingerprint density at radius 1 is 1.17 bits per heavy atom. The van der Waals surface area contributed by atoms with Gasteiger partial charge in [0.25, 0.3) is 11.8 Å². The third-order valence-electron chi connectivity index (χ3n) is 6.22. The van der Waals surface area contributed by atoms with Gasteiger partial charge in [0.2, 0.25) is 5.60 Å². The lowest BCUT2D eigenvalue weighted by atomic mass is 10.0. The molecule has 48 heavy (non-hydrogen) atoms. The number of thiazole rings is 1. The fraction of sp³-hybridized carbons (Fsp3) is 0.593. The molecular weight excluding hydrogens is 693 g/mol. The molecule has 0 bridgehead atoms. The van der Waals surface area contributed by atoms with Crippen molar-refractivity contribution in [2.75, 3.05) is 18.2 Å². The number of carbonyl (C=O) groups is 5. The van der Waals surface area contributed by atoms with Crippen LogP contribution in [0.3, 0.4) is 0 Å². The second-order valence-corrected chi connectivity index (χ2v) is 15.8. The second-order valence-electron chi connectivity index (χ2n) is 11.9. The average molecular weight is 730 g/mol. The smallest absolute Gasteiger partial charge is 0.413 e. The lowest BCUT2D eigenvalue weighted by Crippen LogP contribution is -2.71. The quantitative estimate of drug-likeness (QED) is 0.0564. The molecule has 2 N–H and O–H groups in total. The monoisotopic (exact) mass is 729 g/mol. The number of nitrogens with one attached hydrogen (secondary N) is 2. The van der Waals surface area contributed by atoms with E-state index in [4.69, 9.17) is 26.5 Å². The van der Waals surface area contributed by atoms with E-state index in [2.05, 4.69) is 25.4 Å². The third kappa shape index (κ3) is 9.62. The van der Waals surface area contributed by atoms with E-state index in [0.29, 0.717) is 6.42 Å². The Hall–Kier alpha value is -3.85. The van der Waals surface area contributed by atoms with Crippen molar-refractivity contribution in [3.63, 3.8) is 0 Å². The highest BCUT2D eigenvalue weighted by atomic mass is 32.2. The lowest BCUT2D eigenvalue weighted by Gasteiger charge is -2.50. The van der Waals surface area contributed by atoms with Gasteiger partial charge in [-0.05, 0) is 48.0 Å². The predicted molar refractivity (Wildman–Crippen MR) is 174 cm³/mol. The van der Waals surface area contributed by atoms with Crippen LogP contribution in [0.4, 0.5) is 9.93 Å². The standard InChI is InChI=1S/C27H36BN5O12S3/c1-9-10-11-41-23(37)27(6,7)45-32-15(14-12-46-24(29-14)31-25(38)42-26(3,4)5)19(34)30-16-20(35)33-17(22(36)43-28)18(44-48(8,39)40)13(2)47-21(16)33/h12-13,16,21H,9-11H2,1-8H3,(H,30,34)(H,29,31,38)/b32-15-/t13-,16+,21+/m0/s1. The fourth-order valence-corrected chi connectivity index (χ4v) is 6.67. The molecule has 0 aromatic carbocycles. The van der Waals surface area contributed by atoms with Crippen molar-refractivity contribution in [2.24, 2.45) is 5.16 Å². The highest BCUT2D eigenvalue weighted by molar-refractivity contribution is 8.00. The summed E-state index contributed by atoms with van der Waals surface area (Å²) in [5, 5.41) is 8.57. The maximum Gasteiger partial charge on any atom is 0.413 e. The van der Waals surface area contributed by atoms with Gasteiger partial charge in [-0.3, -0.25) is 19.8 Å². The van der Waals surface area contributed by atoms with Crippen LogP contribution in [0.5, 0.6) is 0 Å². The zero-order chi connectivity index (χ0) is 36.2. The van der Waals surface area contributed by atoms with Crippen LogP contribution in [-0.2, 0) is 52.4 Å². The number of fused-ring (bicyclic) bond motifs is 1. The normalized spacial score (nSPS) is 19.8. The molecule has 3 amide bonds. The lowest BCUT2D eigenvalue weighted by molar-refractivity contribution is -0.168. The Morgan fingerprint density at radius 2 is 1.83 bits per heavy atom. The molecule has 3 atom stereocenters. The number of β-lactam (4-membered cyclic amide) rings is 1. The molecule has 3 rings (SSSR count). The SMILES string of the molecule is [B]OC(=O)C1=C(OS(C)(=O)=O)[C@H](C)S[C@@H]2[C@H](NC(=O)/C(=N\OC(C)(C)C(=O)OCCCC)c3csc(NC(=O)OC(C)(C)C)n3)C(=O)N12. The summed E-state index contributed by atoms with van der Waals surface area (Å²) in [4.78, 5) is 75.1. The highest BCUT2D eigenvalue weighted by Crippen LogP contribution is 2.45. The van der Waals surface area contributed by atoms with Crippen molar-refractivity contribution in [3.8, 4) is 0 Å². The zero-order valence-corrected chi connectivity index (χ0v) is 29.9. The first kappa shape index (κ1) is 38.6. The number of carbonyl (C=O) groups excluding carboxylic acids is 5. The van der Waals surface area contributed by atoms with Crippen LogP contribution in [0, 0.1) is 0 Å². The van der Waals surface area contributed by atoms with E-state index in [1.54, 1.807) is 20.8 Å². The second kappa shape index (κ2) is 15.1. The molecule has 1 fully saturated rings. The molecule has 1 saturated heterocycles. The van der Waals surface area contributed by atoms with E-state index in [9.17, 15) is 32.4 Å². The minimum atomic E-state index is -4.12. The number of amides is 3. The summed E-state index contributed by atoms with van der Waals surface area (Å²) in [5.41, 5.74) is -3.55. The molecule has 1 aromatic rings. The number of rotatable bonds is 13. The van der Waals surface area contributed by atoms with Crippen molar-refractivity contribution < 1.29 is 55.5 Å². The summed E-state index contributed by atoms with van der Waals surface area (Å²) in [7, 11) is 0.934. The number of hydrogen-bond acceptors (Lipinski definition) is 16. The fourth-order valence-electron chi connectivity index (χ4n) is 4.01. The summed E-state index contributed by atoms with van der Waals surface area (Å²) in [5.74, 6) is -4.16. The molecule has 1 aromatic heterocycles. The predicted octanol–water partition coefficient (Wildman–Crippen LogP) is 1.94. The number of aromatic nitrogens is 1. The van der Waals surface area contributed by atoms with Gasteiger partial charge in [0.1, 0.15) is 22.7 Å². The summed E-state index contributed by atoms with van der Waals surface area (Å²) in [6, 6.07) is -1.26. The topological polar surface area (TPSA) is 218 Å². The van der Waals surface area contributed by atoms with Crippen LogP contribution in [0.25, 0.3) is 0 Å². The van der Waals surface area contributed by atoms with Gasteiger partial charge in [-0.15, -0.1) is 23.1 Å². The van der Waals surface area contributed by atoms with Crippen LogP contribution in [0.15, 0.2) is 22.0 Å². The summed E-state index contributed by atoms with van der Waals surface area (Å²) >= 11 is 1.94. The molecule has 2 aliphatic heterocycles. The molecule has 21 heteroatoms. The minimum absolute atomic E-state index is 0.0361. The first-order chi connectivity index (χ1) is 22.2. The molecule has 2 aliphatic rings. The Morgan fingerprint density at radius 3 is 2.42 bits per heavy atom. The number of nitrogens with zero attached hydrogens (tertiary/aromatic N) is 3. The maximum absolute atomic E-state index is 13.7. The Labute approximate surface area is 287 Å². The molecule has 0 spiro atoms. The number of ether oxygens (including phenoxy) is 2. The number of oxime groups is 1. The molecule has 2 radical (unpaired) electrons. The van der Waals surface area contributed by atoms with E-state index in [0.717, 1.165) is 40.7 Å². The number of esters is 1. The minimum Gasteiger partial charge on any atom is -0.539 e. The van der Waals surface area contributed by atoms with Gasteiger partial charge in [-0.2, -0.15) is 8.42 Å². The van der Waals surface area contributed by atoms with Gasteiger partial charge >= 0.3 is 36.2 Å². The van der Waals surface area contributed by atoms with Crippen molar-refractivity contribution in [1.29, 1.82) is 0 Å². The average Bonchev–Trinajstić information content (AvgIpc) is 3.42. The first-order valence-electron chi connectivity index (χ1n) is 14.4. The third-order valence-corrected chi connectivity index (χ3v) is 8.84. The maximum atomic E-state index is 13.7. The Bertz CT molecular complexity index is 1620. The van der Waals surface area contributed by atoms with Crippen LogP contribution in [0.2, 0.25) is 0 Å². The van der Waals surface area contributed by atoms with Crippen molar-refractivity contribution in [2.45, 2.75) is 89.2 Å². The van der Waals surface area contributed by atoms with Gasteiger partial charge in [0, 0.05) is 5.38 Å². The van der Waals surface area contributed by atoms with E-state index in [-0.39, 0.29) is 23.2 Å². The molecular formula is C27H36BN5O12S3. The summed E-state index contributed by atoms with van der Waals surface area (Å²) in [6.45, 7) is 11.4. The van der Waals surface area contributed by atoms with Gasteiger partial charge in [-0.1, -0.05) is 18.5 Å². The van der Waals surface area contributed by atoms with E-state index in [1.807, 2.05) is 6.92 Å². The zero-order valence-electron chi connectivity index (χ0n) is 27.5. The number of hydrogen-bond donors (Lipinski definition) is 2. The van der Waals surface area contributed by atoms with E-state index >= 15 is 0 Å². The molecule has 0 saturated carbocycles. The van der Waals surface area contributed by atoms with Crippen molar-refractivity contribution in [3.05, 3.63) is 22.5 Å². The Balaban J connectivity index is 1.92. The van der Waals surface area contributed by atoms with Gasteiger partial charge < -0.3 is 28.5 Å². The molecule has 17 nitrogen and oxygen atoms in total. The van der Waals surface area contributed by atoms with Crippen LogP contribution >= 0.6 is 23.1 Å². The van der Waals surface area contributed by atoms with Gasteiger partial charge in [0.05, 0.1) is 18.1 Å². The van der Waals surface area contributed by atoms with Crippen LogP contribution < -0.4 is 10.6 Å². The Kier molecular flexibility index (Phi) is 12.2. The summed E-state index contributed by atoms with van der Waals surface area (Å²) in [6.07, 6.45) is 1.36. The molecule has 3 heterocycles. The number of thioether (sulfide) groups is 1. The number of anilines is 1. The number of unbranched alkanes of at least 4 members (excludes halogenated alkanes) is 1. The highest BCUT2D eigenvalue weighted by Gasteiger charge is 2.57. The molecule has 262 valence electrons. The van der Waals surface area contributed by atoms with Gasteiger partial charge in [-0.25, -0.2) is 19.4 Å². The van der Waals surface area contributed by atoms with Crippen LogP contribution in [-0.4, -0.2) is 103 Å². The van der Waals surface area contributed by atoms with E-state index in [1.165, 1.54) is 26.2 Å². The van der Waals surface area contributed by atoms with Crippen LogP contribution in [0.1, 0.15) is 67.0 Å². The summed E-state index contributed by atoms with van der Waals surface area (Å²) < 4.78 is 43.5. The van der Waals surface area contributed by atoms with E-state index < -0.39 is 79.2 Å². The van der Waals surface area contributed by atoms with Gasteiger partial charge in [0.15, 0.2) is 22.3 Å². The molecule has 0 aliphatic carbocycles. The largest absolute Gasteiger partial charge is 0.539 e. The van der Waals surface area contributed by atoms with Crippen molar-refractivity contribution in [1.82, 2.24) is 15.2 Å².